The van der Waals surface area contributed by atoms with Crippen molar-refractivity contribution in [3.05, 3.63) is 22.8 Å². The molecule has 0 aromatic carbocycles. The van der Waals surface area contributed by atoms with Crippen LogP contribution in [0.3, 0.4) is 0 Å². The smallest absolute Gasteiger partial charge is 0.243 e. The predicted molar refractivity (Wildman–Crippen MR) is 50.4 cm³/mol. The zero-order chi connectivity index (χ0) is 9.90. The Balaban J connectivity index is 3.13. The van der Waals surface area contributed by atoms with Gasteiger partial charge in [0.05, 0.1) is 7.11 Å². The molecule has 5 heteroatoms. The van der Waals surface area contributed by atoms with Crippen molar-refractivity contribution >= 4 is 10.0 Å². The van der Waals surface area contributed by atoms with Gasteiger partial charge in [-0.2, -0.15) is 0 Å². The standard InChI is InChI=1S/C8H13NO3S/c1-9-13(10,11)8-6-4-3-5-7(8)12-2/h4,6,9H,3,5H2,1-2H3. The molecule has 0 aromatic heterocycles. The van der Waals surface area contributed by atoms with E-state index in [1.165, 1.54) is 14.2 Å². The highest BCUT2D eigenvalue weighted by Crippen LogP contribution is 2.22. The van der Waals surface area contributed by atoms with Gasteiger partial charge in [-0.05, 0) is 19.5 Å². The molecule has 0 spiro atoms. The van der Waals surface area contributed by atoms with Crippen LogP contribution in [0.1, 0.15) is 12.8 Å². The zero-order valence-electron chi connectivity index (χ0n) is 7.70. The molecule has 0 bridgehead atoms. The summed E-state index contributed by atoms with van der Waals surface area (Å²) in [6.45, 7) is 0. The van der Waals surface area contributed by atoms with Gasteiger partial charge in [-0.25, -0.2) is 13.1 Å². The van der Waals surface area contributed by atoms with Gasteiger partial charge in [0.15, 0.2) is 0 Å². The van der Waals surface area contributed by atoms with E-state index in [1.807, 2.05) is 6.08 Å². The minimum absolute atomic E-state index is 0.240. The number of nitrogens with one attached hydrogen (secondary N) is 1. The number of hydrogen-bond donors (Lipinski definition) is 1. The lowest BCUT2D eigenvalue weighted by atomic mass is 10.2. The molecule has 13 heavy (non-hydrogen) atoms. The van der Waals surface area contributed by atoms with E-state index < -0.39 is 10.0 Å². The molecular formula is C8H13NO3S. The lowest BCUT2D eigenvalue weighted by Gasteiger charge is -2.14. The van der Waals surface area contributed by atoms with Crippen molar-refractivity contribution in [3.8, 4) is 0 Å². The normalized spacial score (nSPS) is 17.7. The predicted octanol–water partition coefficient (Wildman–Crippen LogP) is 0.744. The first-order valence-electron chi connectivity index (χ1n) is 3.99. The van der Waals surface area contributed by atoms with E-state index in [0.29, 0.717) is 12.2 Å². The highest BCUT2D eigenvalue weighted by Gasteiger charge is 2.20. The second-order valence-electron chi connectivity index (χ2n) is 2.64. The van der Waals surface area contributed by atoms with Crippen molar-refractivity contribution in [1.29, 1.82) is 0 Å². The minimum Gasteiger partial charge on any atom is -0.500 e. The SMILES string of the molecule is CNS(=O)(=O)C1=C(OC)CCC=C1. The molecule has 1 aliphatic carbocycles. The lowest BCUT2D eigenvalue weighted by molar-refractivity contribution is 0.275. The summed E-state index contributed by atoms with van der Waals surface area (Å²) in [6.07, 6.45) is 4.87. The fourth-order valence-corrected chi connectivity index (χ4v) is 2.15. The highest BCUT2D eigenvalue weighted by atomic mass is 32.2. The Hall–Kier alpha value is -0.810. The molecule has 0 radical (unpaired) electrons. The number of hydrogen-bond acceptors (Lipinski definition) is 3. The third kappa shape index (κ3) is 2.10. The van der Waals surface area contributed by atoms with E-state index >= 15 is 0 Å². The Bertz CT molecular complexity index is 340. The molecule has 0 amide bonds. The average molecular weight is 203 g/mol. The summed E-state index contributed by atoms with van der Waals surface area (Å²) in [5.74, 6) is 0.525. The van der Waals surface area contributed by atoms with Gasteiger partial charge in [-0.3, -0.25) is 0 Å². The molecule has 0 heterocycles. The molecule has 0 saturated heterocycles. The summed E-state index contributed by atoms with van der Waals surface area (Å²) in [4.78, 5) is 0.240. The van der Waals surface area contributed by atoms with E-state index in [9.17, 15) is 8.42 Å². The molecule has 0 fully saturated rings. The summed E-state index contributed by atoms with van der Waals surface area (Å²) >= 11 is 0. The largest absolute Gasteiger partial charge is 0.500 e. The fraction of sp³-hybridized carbons (Fsp3) is 0.500. The van der Waals surface area contributed by atoms with Crippen LogP contribution < -0.4 is 4.72 Å². The Kier molecular flexibility index (Phi) is 3.11. The number of methoxy groups -OCH3 is 1. The van der Waals surface area contributed by atoms with E-state index in [-0.39, 0.29) is 4.91 Å². The average Bonchev–Trinajstić information content (AvgIpc) is 2.18. The maximum absolute atomic E-state index is 11.4. The molecule has 0 unspecified atom stereocenters. The minimum atomic E-state index is -3.36. The molecule has 74 valence electrons. The summed E-state index contributed by atoms with van der Waals surface area (Å²) in [5, 5.41) is 0. The van der Waals surface area contributed by atoms with E-state index in [4.69, 9.17) is 4.74 Å². The topological polar surface area (TPSA) is 55.4 Å². The second kappa shape index (κ2) is 3.93. The van der Waals surface area contributed by atoms with Crippen LogP contribution in [0.4, 0.5) is 0 Å². The van der Waals surface area contributed by atoms with Crippen LogP contribution in [-0.4, -0.2) is 22.6 Å². The van der Waals surface area contributed by atoms with Crippen LogP contribution in [0.2, 0.25) is 0 Å². The first-order chi connectivity index (χ1) is 6.11. The second-order valence-corrected chi connectivity index (χ2v) is 4.50. The number of allylic oxidation sites excluding steroid dienone is 3. The van der Waals surface area contributed by atoms with Gasteiger partial charge in [0.1, 0.15) is 10.7 Å². The van der Waals surface area contributed by atoms with Crippen molar-refractivity contribution in [2.24, 2.45) is 0 Å². The van der Waals surface area contributed by atoms with Gasteiger partial charge in [0, 0.05) is 6.42 Å². The van der Waals surface area contributed by atoms with Gasteiger partial charge in [0.25, 0.3) is 0 Å². The van der Waals surface area contributed by atoms with Gasteiger partial charge in [0.2, 0.25) is 10.0 Å². The van der Waals surface area contributed by atoms with Crippen LogP contribution in [0.25, 0.3) is 0 Å². The quantitative estimate of drug-likeness (QED) is 0.736. The fourth-order valence-electron chi connectivity index (χ4n) is 1.17. The summed E-state index contributed by atoms with van der Waals surface area (Å²) in [7, 11) is -0.492. The van der Waals surface area contributed by atoms with Crippen LogP contribution in [0.15, 0.2) is 22.8 Å². The molecule has 1 rings (SSSR count). The summed E-state index contributed by atoms with van der Waals surface area (Å²) in [5.41, 5.74) is 0. The van der Waals surface area contributed by atoms with Gasteiger partial charge in [-0.15, -0.1) is 0 Å². The van der Waals surface area contributed by atoms with Crippen LogP contribution in [0, 0.1) is 0 Å². The van der Waals surface area contributed by atoms with Crippen molar-refractivity contribution < 1.29 is 13.2 Å². The summed E-state index contributed by atoms with van der Waals surface area (Å²) in [6, 6.07) is 0. The first-order valence-corrected chi connectivity index (χ1v) is 5.47. The van der Waals surface area contributed by atoms with Gasteiger partial charge >= 0.3 is 0 Å². The molecule has 0 atom stereocenters. The molecule has 0 aromatic rings. The Morgan fingerprint density at radius 1 is 1.54 bits per heavy atom. The third-order valence-electron chi connectivity index (χ3n) is 1.89. The van der Waals surface area contributed by atoms with E-state index in [1.54, 1.807) is 6.08 Å². The Labute approximate surface area is 78.3 Å². The van der Waals surface area contributed by atoms with E-state index in [2.05, 4.69) is 4.72 Å². The van der Waals surface area contributed by atoms with Crippen molar-refractivity contribution in [3.63, 3.8) is 0 Å². The van der Waals surface area contributed by atoms with Crippen LogP contribution >= 0.6 is 0 Å². The van der Waals surface area contributed by atoms with E-state index in [0.717, 1.165) is 6.42 Å². The van der Waals surface area contributed by atoms with Crippen LogP contribution in [0.5, 0.6) is 0 Å². The molecular weight excluding hydrogens is 190 g/mol. The Morgan fingerprint density at radius 3 is 2.77 bits per heavy atom. The highest BCUT2D eigenvalue weighted by molar-refractivity contribution is 7.93. The van der Waals surface area contributed by atoms with Gasteiger partial charge in [-0.1, -0.05) is 6.08 Å². The van der Waals surface area contributed by atoms with Crippen molar-refractivity contribution in [2.75, 3.05) is 14.2 Å². The van der Waals surface area contributed by atoms with Crippen LogP contribution in [-0.2, 0) is 14.8 Å². The maximum Gasteiger partial charge on any atom is 0.243 e. The molecule has 1 N–H and O–H groups in total. The Morgan fingerprint density at radius 2 is 2.23 bits per heavy atom. The maximum atomic E-state index is 11.4. The summed E-state index contributed by atoms with van der Waals surface area (Å²) < 4.78 is 30.1. The van der Waals surface area contributed by atoms with Crippen molar-refractivity contribution in [1.82, 2.24) is 4.72 Å². The van der Waals surface area contributed by atoms with Crippen molar-refractivity contribution in [2.45, 2.75) is 12.8 Å². The molecule has 4 nitrogen and oxygen atoms in total. The van der Waals surface area contributed by atoms with Gasteiger partial charge < -0.3 is 4.74 Å². The lowest BCUT2D eigenvalue weighted by Crippen LogP contribution is -2.22. The first kappa shape index (κ1) is 10.3. The zero-order valence-corrected chi connectivity index (χ0v) is 8.52. The number of rotatable bonds is 3. The monoisotopic (exact) mass is 203 g/mol. The number of sulfonamides is 1. The third-order valence-corrected chi connectivity index (χ3v) is 3.37. The molecule has 0 saturated carbocycles. The number of ether oxygens (including phenoxy) is 1. The molecule has 1 aliphatic rings. The molecule has 0 aliphatic heterocycles.